The number of hydrogen-bond acceptors (Lipinski definition) is 5. The Morgan fingerprint density at radius 3 is 2.25 bits per heavy atom. The zero-order valence-corrected chi connectivity index (χ0v) is 8.51. The molecule has 1 atom stereocenters. The Hall–Kier alpha value is 0.0700. The third-order valence-corrected chi connectivity index (χ3v) is 3.76. The zero-order valence-electron chi connectivity index (χ0n) is 7.61. The van der Waals surface area contributed by atoms with Crippen molar-refractivity contribution < 1.29 is 18.8 Å². The van der Waals surface area contributed by atoms with Crippen LogP contribution in [-0.2, 0) is 13.6 Å². The highest BCUT2D eigenvalue weighted by molar-refractivity contribution is 7.54. The van der Waals surface area contributed by atoms with Crippen molar-refractivity contribution in [3.63, 3.8) is 0 Å². The minimum Gasteiger partial charge on any atom is -0.316 e. The largest absolute Gasteiger partial charge is 0.349 e. The average molecular weight is 197 g/mol. The van der Waals surface area contributed by atoms with E-state index in [2.05, 4.69) is 0 Å². The summed E-state index contributed by atoms with van der Waals surface area (Å²) in [5.41, 5.74) is 1.93. The number of nitrogens with one attached hydrogen (secondary N) is 1. The topological polar surface area (TPSA) is 67.8 Å². The molecule has 0 aromatic carbocycles. The van der Waals surface area contributed by atoms with Crippen LogP contribution in [0.3, 0.4) is 0 Å². The molecule has 0 aromatic rings. The van der Waals surface area contributed by atoms with Gasteiger partial charge in [0.05, 0.1) is 0 Å². The van der Waals surface area contributed by atoms with Crippen molar-refractivity contribution in [2.24, 2.45) is 0 Å². The van der Waals surface area contributed by atoms with Gasteiger partial charge in [-0.1, -0.05) is 13.3 Å². The van der Waals surface area contributed by atoms with Gasteiger partial charge in [0.15, 0.2) is 0 Å². The normalized spacial score (nSPS) is 14.7. The first-order valence-electron chi connectivity index (χ1n) is 3.75. The molecular weight excluding hydrogens is 181 g/mol. The number of rotatable bonds is 6. The standard InChI is InChI=1S/C6H16NO4P/c1-4-5-6(7-8)12(9,10-2)11-3/h6-8H,4-5H2,1-3H3. The molecule has 0 aliphatic heterocycles. The lowest BCUT2D eigenvalue weighted by Crippen LogP contribution is -2.26. The minimum absolute atomic E-state index is 0.537. The molecule has 0 aliphatic carbocycles. The van der Waals surface area contributed by atoms with Crippen LogP contribution in [0.25, 0.3) is 0 Å². The summed E-state index contributed by atoms with van der Waals surface area (Å²) in [6.07, 6.45) is 1.32. The van der Waals surface area contributed by atoms with Crippen LogP contribution in [0.15, 0.2) is 0 Å². The maximum atomic E-state index is 11.6. The van der Waals surface area contributed by atoms with Gasteiger partial charge < -0.3 is 14.3 Å². The summed E-state index contributed by atoms with van der Waals surface area (Å²) < 4.78 is 21.0. The Morgan fingerprint density at radius 1 is 1.50 bits per heavy atom. The van der Waals surface area contributed by atoms with E-state index >= 15 is 0 Å². The van der Waals surface area contributed by atoms with E-state index in [1.165, 1.54) is 14.2 Å². The molecule has 0 saturated heterocycles. The van der Waals surface area contributed by atoms with Gasteiger partial charge in [-0.05, 0) is 6.42 Å². The van der Waals surface area contributed by atoms with E-state index < -0.39 is 13.4 Å². The van der Waals surface area contributed by atoms with E-state index in [1.54, 1.807) is 0 Å². The van der Waals surface area contributed by atoms with Crippen molar-refractivity contribution in [2.75, 3.05) is 14.2 Å². The van der Waals surface area contributed by atoms with E-state index in [9.17, 15) is 4.57 Å². The second-order valence-electron chi connectivity index (χ2n) is 2.34. The van der Waals surface area contributed by atoms with Gasteiger partial charge >= 0.3 is 7.60 Å². The third kappa shape index (κ3) is 2.84. The van der Waals surface area contributed by atoms with E-state index in [0.717, 1.165) is 6.42 Å². The first-order valence-corrected chi connectivity index (χ1v) is 5.36. The van der Waals surface area contributed by atoms with Crippen LogP contribution in [-0.4, -0.2) is 25.2 Å². The minimum atomic E-state index is -3.17. The van der Waals surface area contributed by atoms with E-state index in [4.69, 9.17) is 14.3 Å². The van der Waals surface area contributed by atoms with Gasteiger partial charge in [-0.2, -0.15) is 5.48 Å². The molecule has 0 rings (SSSR count). The maximum Gasteiger partial charge on any atom is 0.349 e. The second kappa shape index (κ2) is 5.67. The SMILES string of the molecule is CCCC(NO)P(=O)(OC)OC. The quantitative estimate of drug-likeness (QED) is 0.499. The highest BCUT2D eigenvalue weighted by Crippen LogP contribution is 2.51. The Labute approximate surface area is 72.6 Å². The molecule has 0 fully saturated rings. The van der Waals surface area contributed by atoms with Crippen LogP contribution >= 0.6 is 7.60 Å². The van der Waals surface area contributed by atoms with E-state index in [1.807, 2.05) is 12.4 Å². The van der Waals surface area contributed by atoms with Crippen LogP contribution in [0.2, 0.25) is 0 Å². The molecule has 12 heavy (non-hydrogen) atoms. The molecule has 0 spiro atoms. The molecule has 0 radical (unpaired) electrons. The molecule has 2 N–H and O–H groups in total. The smallest absolute Gasteiger partial charge is 0.316 e. The van der Waals surface area contributed by atoms with Crippen LogP contribution < -0.4 is 5.48 Å². The van der Waals surface area contributed by atoms with Crippen molar-refractivity contribution in [3.05, 3.63) is 0 Å². The summed E-state index contributed by atoms with van der Waals surface area (Å²) in [5, 5.41) is 8.67. The molecule has 0 aliphatic rings. The summed E-state index contributed by atoms with van der Waals surface area (Å²) >= 11 is 0. The summed E-state index contributed by atoms with van der Waals surface area (Å²) in [7, 11) is -0.577. The molecule has 0 bridgehead atoms. The fourth-order valence-electron chi connectivity index (χ4n) is 0.896. The molecule has 0 amide bonds. The molecule has 6 heteroatoms. The molecule has 0 heterocycles. The van der Waals surface area contributed by atoms with Crippen molar-refractivity contribution in [3.8, 4) is 0 Å². The lowest BCUT2D eigenvalue weighted by atomic mass is 10.3. The number of hydroxylamine groups is 1. The van der Waals surface area contributed by atoms with Gasteiger partial charge in [0.25, 0.3) is 0 Å². The Morgan fingerprint density at radius 2 is 2.00 bits per heavy atom. The lowest BCUT2D eigenvalue weighted by molar-refractivity contribution is 0.130. The molecular formula is C6H16NO4P. The molecule has 1 unspecified atom stereocenters. The van der Waals surface area contributed by atoms with Gasteiger partial charge in [0.2, 0.25) is 0 Å². The highest BCUT2D eigenvalue weighted by Gasteiger charge is 2.32. The van der Waals surface area contributed by atoms with Crippen molar-refractivity contribution in [2.45, 2.75) is 25.5 Å². The van der Waals surface area contributed by atoms with E-state index in [0.29, 0.717) is 6.42 Å². The molecule has 74 valence electrons. The van der Waals surface area contributed by atoms with Crippen LogP contribution in [0.1, 0.15) is 19.8 Å². The summed E-state index contributed by atoms with van der Waals surface area (Å²) in [4.78, 5) is 0. The zero-order chi connectivity index (χ0) is 9.61. The Bertz CT molecular complexity index is 156. The number of hydrogen-bond donors (Lipinski definition) is 2. The molecule has 5 nitrogen and oxygen atoms in total. The fraction of sp³-hybridized carbons (Fsp3) is 1.00. The summed E-state index contributed by atoms with van der Waals surface area (Å²) in [6.45, 7) is 1.92. The predicted molar refractivity (Wildman–Crippen MR) is 45.2 cm³/mol. The van der Waals surface area contributed by atoms with Crippen LogP contribution in [0, 0.1) is 0 Å². The van der Waals surface area contributed by atoms with Gasteiger partial charge in [-0.25, -0.2) is 0 Å². The first kappa shape index (κ1) is 12.1. The summed E-state index contributed by atoms with van der Waals surface area (Å²) in [6, 6.07) is 0. The fourth-order valence-corrected chi connectivity index (χ4v) is 2.27. The monoisotopic (exact) mass is 197 g/mol. The average Bonchev–Trinajstić information content (AvgIpc) is 2.13. The van der Waals surface area contributed by atoms with Gasteiger partial charge in [0.1, 0.15) is 5.78 Å². The summed E-state index contributed by atoms with van der Waals surface area (Å²) in [5.74, 6) is -0.641. The third-order valence-electron chi connectivity index (χ3n) is 1.60. The Kier molecular flexibility index (Phi) is 5.70. The Balaban J connectivity index is 4.33. The highest BCUT2D eigenvalue weighted by atomic mass is 31.2. The molecule has 0 aromatic heterocycles. The van der Waals surface area contributed by atoms with Crippen molar-refractivity contribution in [1.29, 1.82) is 0 Å². The van der Waals surface area contributed by atoms with Crippen molar-refractivity contribution in [1.82, 2.24) is 5.48 Å². The molecule has 0 saturated carbocycles. The van der Waals surface area contributed by atoms with Gasteiger partial charge in [-0.3, -0.25) is 4.57 Å². The maximum absolute atomic E-state index is 11.6. The van der Waals surface area contributed by atoms with Crippen LogP contribution in [0.5, 0.6) is 0 Å². The van der Waals surface area contributed by atoms with Crippen LogP contribution in [0.4, 0.5) is 0 Å². The van der Waals surface area contributed by atoms with E-state index in [-0.39, 0.29) is 0 Å². The first-order chi connectivity index (χ1) is 5.64. The van der Waals surface area contributed by atoms with Gasteiger partial charge in [-0.15, -0.1) is 0 Å². The second-order valence-corrected chi connectivity index (χ2v) is 4.77. The lowest BCUT2D eigenvalue weighted by Gasteiger charge is -2.22. The van der Waals surface area contributed by atoms with Gasteiger partial charge in [0, 0.05) is 14.2 Å². The predicted octanol–water partition coefficient (Wildman–Crippen LogP) is 1.58. The van der Waals surface area contributed by atoms with Crippen molar-refractivity contribution >= 4 is 7.60 Å².